The molecule has 0 radical (unpaired) electrons. The number of para-hydroxylation sites is 4. The fraction of sp³-hybridized carbons (Fsp3) is 0.0233. The standard InChI is InChI=1S/C43H34BNO2S/c1-3-4-5-17-28-48(2,32-18-7-6-8-19-32)41-26-15-11-22-35(41)45(36-23-12-16-27-42(36)48)31-29-39-43-40(30-31)47-38-25-14-10-21-34(38)44(43)33-20-9-13-24-37(33)46-39/h3-30,48H,1H2,2H3/b5-4-,28-17-. The highest BCUT2D eigenvalue weighted by molar-refractivity contribution is 8.51. The molecule has 3 aliphatic heterocycles. The molecule has 0 spiro atoms. The van der Waals surface area contributed by atoms with Crippen LogP contribution in [0.1, 0.15) is 0 Å². The third-order valence-electron chi connectivity index (χ3n) is 10.3. The Hall–Kier alpha value is -5.65. The van der Waals surface area contributed by atoms with Gasteiger partial charge in [-0.1, -0.05) is 127 Å². The molecule has 6 aromatic rings. The van der Waals surface area contributed by atoms with Crippen molar-refractivity contribution in [2.45, 2.75) is 14.7 Å². The molecule has 0 bridgehead atoms. The summed E-state index contributed by atoms with van der Waals surface area (Å²) < 4.78 is 13.5. The molecule has 0 N–H and O–H groups in total. The largest absolute Gasteiger partial charge is 0.458 e. The molecule has 3 heterocycles. The Kier molecular flexibility index (Phi) is 6.37. The van der Waals surface area contributed by atoms with Crippen LogP contribution >= 0.6 is 9.16 Å². The first-order valence-corrected chi connectivity index (χ1v) is 19.1. The predicted octanol–water partition coefficient (Wildman–Crippen LogP) is 9.63. The molecule has 0 aromatic heterocycles. The zero-order valence-electron chi connectivity index (χ0n) is 26.7. The van der Waals surface area contributed by atoms with E-state index >= 15 is 0 Å². The van der Waals surface area contributed by atoms with Gasteiger partial charge in [0.2, 0.25) is 0 Å². The first-order valence-electron chi connectivity index (χ1n) is 16.3. The Morgan fingerprint density at radius 3 is 1.69 bits per heavy atom. The maximum absolute atomic E-state index is 6.73. The van der Waals surface area contributed by atoms with Gasteiger partial charge in [-0.2, -0.15) is 0 Å². The first kappa shape index (κ1) is 28.6. The van der Waals surface area contributed by atoms with Crippen molar-refractivity contribution in [2.24, 2.45) is 0 Å². The molecule has 0 fully saturated rings. The molecular weight excluding hydrogens is 605 g/mol. The SMILES string of the molecule is C=C/C=C\C=C/[SH]1(C)(c2ccccc2)c2ccccc2N(c2cc3c4c(c2)Oc2ccccc2B4c2ccccc2O3)c2ccccc21. The van der Waals surface area contributed by atoms with E-state index in [1.807, 2.05) is 24.3 Å². The lowest BCUT2D eigenvalue weighted by Gasteiger charge is -2.62. The van der Waals surface area contributed by atoms with Gasteiger partial charge in [0.25, 0.3) is 6.71 Å². The van der Waals surface area contributed by atoms with E-state index in [4.69, 9.17) is 9.47 Å². The Bertz CT molecular complexity index is 2210. The molecule has 0 unspecified atom stereocenters. The summed E-state index contributed by atoms with van der Waals surface area (Å²) in [5.41, 5.74) is 6.68. The zero-order valence-corrected chi connectivity index (χ0v) is 27.6. The molecule has 0 atom stereocenters. The normalized spacial score (nSPS) is 16.6. The highest BCUT2D eigenvalue weighted by Gasteiger charge is 2.48. The van der Waals surface area contributed by atoms with Crippen LogP contribution in [0, 0.1) is 0 Å². The topological polar surface area (TPSA) is 21.7 Å². The zero-order chi connectivity index (χ0) is 32.3. The second kappa shape index (κ2) is 10.7. The third kappa shape index (κ3) is 3.91. The molecule has 232 valence electrons. The van der Waals surface area contributed by atoms with E-state index in [-0.39, 0.29) is 6.71 Å². The Morgan fingerprint density at radius 2 is 1.10 bits per heavy atom. The molecule has 3 aliphatic rings. The number of hydrogen-bond acceptors (Lipinski definition) is 3. The minimum absolute atomic E-state index is 0.0326. The van der Waals surface area contributed by atoms with Gasteiger partial charge in [-0.3, -0.25) is 0 Å². The predicted molar refractivity (Wildman–Crippen MR) is 203 cm³/mol. The van der Waals surface area contributed by atoms with E-state index in [9.17, 15) is 0 Å². The molecule has 0 saturated carbocycles. The molecule has 6 aromatic carbocycles. The summed E-state index contributed by atoms with van der Waals surface area (Å²) in [5, 5.41) is 2.47. The molecule has 9 rings (SSSR count). The molecule has 48 heavy (non-hydrogen) atoms. The van der Waals surface area contributed by atoms with Crippen molar-refractivity contribution in [1.29, 1.82) is 0 Å². The maximum atomic E-state index is 6.73. The summed E-state index contributed by atoms with van der Waals surface area (Å²) >= 11 is 0. The number of anilines is 3. The van der Waals surface area contributed by atoms with Gasteiger partial charge in [0, 0.05) is 27.4 Å². The van der Waals surface area contributed by atoms with Crippen molar-refractivity contribution in [2.75, 3.05) is 11.2 Å². The van der Waals surface area contributed by atoms with Crippen molar-refractivity contribution in [1.82, 2.24) is 0 Å². The average Bonchev–Trinajstić information content (AvgIpc) is 3.14. The van der Waals surface area contributed by atoms with Gasteiger partial charge < -0.3 is 14.4 Å². The minimum Gasteiger partial charge on any atom is -0.458 e. The van der Waals surface area contributed by atoms with Crippen molar-refractivity contribution < 1.29 is 9.47 Å². The van der Waals surface area contributed by atoms with Gasteiger partial charge in [0.1, 0.15) is 23.0 Å². The number of rotatable bonds is 5. The van der Waals surface area contributed by atoms with Crippen molar-refractivity contribution in [3.05, 3.63) is 176 Å². The quantitative estimate of drug-likeness (QED) is 0.115. The Balaban J connectivity index is 1.32. The first-order chi connectivity index (χ1) is 23.6. The smallest absolute Gasteiger partial charge is 0.260 e. The van der Waals surface area contributed by atoms with Crippen molar-refractivity contribution in [3.8, 4) is 23.0 Å². The van der Waals surface area contributed by atoms with Crippen LogP contribution in [0.5, 0.6) is 23.0 Å². The summed E-state index contributed by atoms with van der Waals surface area (Å²) in [6.45, 7) is 3.93. The molecule has 5 heteroatoms. The van der Waals surface area contributed by atoms with Gasteiger partial charge in [-0.15, -0.1) is 0 Å². The monoisotopic (exact) mass is 639 g/mol. The molecule has 0 saturated heterocycles. The van der Waals surface area contributed by atoms with Gasteiger partial charge in [0.15, 0.2) is 0 Å². The average molecular weight is 640 g/mol. The van der Waals surface area contributed by atoms with Crippen LogP contribution in [0.2, 0.25) is 0 Å². The van der Waals surface area contributed by atoms with Crippen molar-refractivity contribution >= 4 is 49.3 Å². The number of hydrogen-bond donors (Lipinski definition) is 1. The van der Waals surface area contributed by atoms with E-state index in [1.54, 1.807) is 0 Å². The van der Waals surface area contributed by atoms with Crippen LogP contribution in [0.4, 0.5) is 17.1 Å². The lowest BCUT2D eigenvalue weighted by atomic mass is 9.35. The van der Waals surface area contributed by atoms with Crippen molar-refractivity contribution in [3.63, 3.8) is 0 Å². The fourth-order valence-corrected chi connectivity index (χ4v) is 13.3. The van der Waals surface area contributed by atoms with Crippen LogP contribution < -0.4 is 30.8 Å². The molecule has 0 amide bonds. The number of nitrogens with zero attached hydrogens (tertiary/aromatic N) is 1. The van der Waals surface area contributed by atoms with E-state index in [0.29, 0.717) is 0 Å². The number of thiol groups is 1. The van der Waals surface area contributed by atoms with E-state index < -0.39 is 9.16 Å². The second-order valence-electron chi connectivity index (χ2n) is 12.8. The van der Waals surface area contributed by atoms with Gasteiger partial charge >= 0.3 is 0 Å². The van der Waals surface area contributed by atoms with Gasteiger partial charge in [-0.05, 0) is 58.5 Å². The Morgan fingerprint density at radius 1 is 0.583 bits per heavy atom. The number of fused-ring (bicyclic) bond motifs is 6. The molecular formula is C43H34BNO2S. The maximum Gasteiger partial charge on any atom is 0.260 e. The van der Waals surface area contributed by atoms with E-state index in [0.717, 1.165) is 56.4 Å². The molecule has 0 aliphatic carbocycles. The van der Waals surface area contributed by atoms with E-state index in [2.05, 4.69) is 163 Å². The highest BCUT2D eigenvalue weighted by atomic mass is 32.3. The number of allylic oxidation sites excluding steroid dienone is 4. The van der Waals surface area contributed by atoms with Crippen LogP contribution in [0.15, 0.2) is 191 Å². The van der Waals surface area contributed by atoms with E-state index in [1.165, 1.54) is 14.7 Å². The summed E-state index contributed by atoms with van der Waals surface area (Å²) in [6, 6.07) is 50.0. The Labute approximate surface area is 282 Å². The second-order valence-corrected chi connectivity index (χ2v) is 17.9. The van der Waals surface area contributed by atoms with Gasteiger partial charge in [-0.25, -0.2) is 9.16 Å². The third-order valence-corrected chi connectivity index (χ3v) is 16.0. The van der Waals surface area contributed by atoms with Crippen LogP contribution in [-0.2, 0) is 0 Å². The van der Waals surface area contributed by atoms with Crippen LogP contribution in [0.25, 0.3) is 0 Å². The summed E-state index contributed by atoms with van der Waals surface area (Å²) in [5.74, 6) is 3.42. The fourth-order valence-electron chi connectivity index (χ4n) is 8.07. The summed E-state index contributed by atoms with van der Waals surface area (Å²) in [4.78, 5) is 6.32. The van der Waals surface area contributed by atoms with Crippen LogP contribution in [-0.4, -0.2) is 13.0 Å². The summed E-state index contributed by atoms with van der Waals surface area (Å²) in [6.07, 6.45) is 10.6. The minimum atomic E-state index is -3.17. The molecule has 3 nitrogen and oxygen atoms in total. The van der Waals surface area contributed by atoms with Crippen LogP contribution in [0.3, 0.4) is 0 Å². The lowest BCUT2D eigenvalue weighted by Crippen LogP contribution is -2.57. The summed E-state index contributed by atoms with van der Waals surface area (Å²) in [7, 11) is -3.17. The number of ether oxygens (including phenoxy) is 2. The van der Waals surface area contributed by atoms with Gasteiger partial charge in [0.05, 0.1) is 17.1 Å². The number of benzene rings is 6. The lowest BCUT2D eigenvalue weighted by molar-refractivity contribution is 0.465. The highest BCUT2D eigenvalue weighted by Crippen LogP contribution is 2.89.